The number of rotatable bonds is 7. The second kappa shape index (κ2) is 8.83. The molecule has 7 heteroatoms. The van der Waals surface area contributed by atoms with Gasteiger partial charge in [-0.05, 0) is 57.7 Å². The van der Waals surface area contributed by atoms with Gasteiger partial charge in [-0.25, -0.2) is 9.50 Å². The Balaban J connectivity index is 1.36. The highest BCUT2D eigenvalue weighted by Crippen LogP contribution is 2.21. The second-order valence-corrected chi connectivity index (χ2v) is 7.84. The quantitative estimate of drug-likeness (QED) is 0.644. The van der Waals surface area contributed by atoms with Crippen molar-refractivity contribution in [2.24, 2.45) is 0 Å². The average Bonchev–Trinajstić information content (AvgIpc) is 3.36. The summed E-state index contributed by atoms with van der Waals surface area (Å²) in [6, 6.07) is 9.46. The molecule has 1 aromatic carbocycles. The highest BCUT2D eigenvalue weighted by atomic mass is 16.5. The molecular weight excluding hydrogens is 380 g/mol. The molecule has 4 rings (SSSR count). The van der Waals surface area contributed by atoms with E-state index in [2.05, 4.69) is 15.4 Å². The van der Waals surface area contributed by atoms with E-state index in [1.165, 1.54) is 0 Å². The van der Waals surface area contributed by atoms with E-state index >= 15 is 0 Å². The molecule has 1 N–H and O–H groups in total. The molecular formula is C23H28N4O3. The van der Waals surface area contributed by atoms with Crippen molar-refractivity contribution in [1.82, 2.24) is 14.6 Å². The first-order valence-electron chi connectivity index (χ1n) is 10.5. The zero-order valence-electron chi connectivity index (χ0n) is 17.8. The first kappa shape index (κ1) is 20.3. The summed E-state index contributed by atoms with van der Waals surface area (Å²) in [5, 5.41) is 7.46. The van der Waals surface area contributed by atoms with Crippen LogP contribution in [-0.4, -0.2) is 39.8 Å². The lowest BCUT2D eigenvalue weighted by atomic mass is 10.1. The van der Waals surface area contributed by atoms with Gasteiger partial charge in [0.2, 0.25) is 5.91 Å². The number of carbonyl (C=O) groups excluding carboxylic acids is 1. The summed E-state index contributed by atoms with van der Waals surface area (Å²) < 4.78 is 13.3. The van der Waals surface area contributed by atoms with E-state index in [0.717, 1.165) is 59.2 Å². The first-order chi connectivity index (χ1) is 14.5. The van der Waals surface area contributed by atoms with Crippen LogP contribution in [0.15, 0.2) is 30.3 Å². The van der Waals surface area contributed by atoms with Crippen molar-refractivity contribution in [2.75, 3.05) is 18.5 Å². The van der Waals surface area contributed by atoms with Gasteiger partial charge in [0.15, 0.2) is 5.65 Å². The zero-order valence-corrected chi connectivity index (χ0v) is 17.8. The predicted octanol–water partition coefficient (Wildman–Crippen LogP) is 3.78. The van der Waals surface area contributed by atoms with Crippen LogP contribution in [-0.2, 0) is 16.0 Å². The number of aromatic nitrogens is 3. The van der Waals surface area contributed by atoms with Gasteiger partial charge in [-0.3, -0.25) is 4.79 Å². The number of hydrogen-bond acceptors (Lipinski definition) is 5. The summed E-state index contributed by atoms with van der Waals surface area (Å²) in [5.74, 6) is 0.695. The summed E-state index contributed by atoms with van der Waals surface area (Å²) in [6.45, 7) is 7.31. The van der Waals surface area contributed by atoms with Gasteiger partial charge in [0.25, 0.3) is 0 Å². The largest absolute Gasteiger partial charge is 0.491 e. The van der Waals surface area contributed by atoms with E-state index in [4.69, 9.17) is 9.47 Å². The summed E-state index contributed by atoms with van der Waals surface area (Å²) in [4.78, 5) is 17.2. The Bertz CT molecular complexity index is 1050. The van der Waals surface area contributed by atoms with Crippen LogP contribution < -0.4 is 10.1 Å². The number of amides is 1. The molecule has 3 aromatic rings. The van der Waals surface area contributed by atoms with Crippen LogP contribution in [0.5, 0.6) is 5.75 Å². The molecule has 1 fully saturated rings. The van der Waals surface area contributed by atoms with E-state index < -0.39 is 0 Å². The monoisotopic (exact) mass is 408 g/mol. The fourth-order valence-electron chi connectivity index (χ4n) is 3.89. The van der Waals surface area contributed by atoms with E-state index in [9.17, 15) is 4.79 Å². The Hall–Kier alpha value is -2.93. The molecule has 1 amide bonds. The lowest BCUT2D eigenvalue weighted by Crippen LogP contribution is -2.16. The van der Waals surface area contributed by atoms with Crippen molar-refractivity contribution in [3.8, 4) is 5.75 Å². The van der Waals surface area contributed by atoms with Crippen molar-refractivity contribution in [1.29, 1.82) is 0 Å². The zero-order chi connectivity index (χ0) is 21.1. The van der Waals surface area contributed by atoms with E-state index in [0.29, 0.717) is 19.4 Å². The van der Waals surface area contributed by atoms with Gasteiger partial charge in [0.05, 0.1) is 11.8 Å². The van der Waals surface area contributed by atoms with Crippen LogP contribution in [0.1, 0.15) is 41.9 Å². The molecule has 1 aliphatic rings. The average molecular weight is 409 g/mol. The SMILES string of the molecule is Cc1cc2nc(C)c(CCC(=O)Nc3cccc(OCC4CCCO4)c3)c(C)n2n1. The van der Waals surface area contributed by atoms with Gasteiger partial charge in [0, 0.05) is 42.2 Å². The summed E-state index contributed by atoms with van der Waals surface area (Å²) in [7, 11) is 0. The molecule has 0 aliphatic carbocycles. The molecule has 1 unspecified atom stereocenters. The van der Waals surface area contributed by atoms with Gasteiger partial charge in [-0.2, -0.15) is 5.10 Å². The number of benzene rings is 1. The van der Waals surface area contributed by atoms with Gasteiger partial charge in [-0.1, -0.05) is 6.07 Å². The highest BCUT2D eigenvalue weighted by Gasteiger charge is 2.16. The topological polar surface area (TPSA) is 77.8 Å². The van der Waals surface area contributed by atoms with Crippen molar-refractivity contribution < 1.29 is 14.3 Å². The van der Waals surface area contributed by atoms with Gasteiger partial charge >= 0.3 is 0 Å². The standard InChI is InChI=1S/C23H28N4O3/c1-15-12-22-24-16(2)21(17(3)27(22)26-15)9-10-23(28)25-18-6-4-7-19(13-18)30-14-20-8-5-11-29-20/h4,6-7,12-13,20H,5,8-11,14H2,1-3H3,(H,25,28). The van der Waals surface area contributed by atoms with Crippen LogP contribution in [0.2, 0.25) is 0 Å². The minimum Gasteiger partial charge on any atom is -0.491 e. The maximum Gasteiger partial charge on any atom is 0.224 e. The van der Waals surface area contributed by atoms with Crippen LogP contribution in [0, 0.1) is 20.8 Å². The van der Waals surface area contributed by atoms with E-state index in [1.54, 1.807) is 0 Å². The van der Waals surface area contributed by atoms with Gasteiger partial charge in [0.1, 0.15) is 12.4 Å². The Morgan fingerprint density at radius 2 is 2.17 bits per heavy atom. The number of fused-ring (bicyclic) bond motifs is 1. The molecule has 30 heavy (non-hydrogen) atoms. The molecule has 1 atom stereocenters. The number of ether oxygens (including phenoxy) is 2. The molecule has 1 aliphatic heterocycles. The third-order valence-electron chi connectivity index (χ3n) is 5.47. The molecule has 3 heterocycles. The maximum absolute atomic E-state index is 12.5. The summed E-state index contributed by atoms with van der Waals surface area (Å²) in [6.07, 6.45) is 3.27. The fourth-order valence-corrected chi connectivity index (χ4v) is 3.89. The molecule has 0 saturated carbocycles. The van der Waals surface area contributed by atoms with Crippen molar-refractivity contribution in [2.45, 2.75) is 52.6 Å². The number of aryl methyl sites for hydroxylation is 3. The van der Waals surface area contributed by atoms with Gasteiger partial charge in [-0.15, -0.1) is 0 Å². The molecule has 158 valence electrons. The normalized spacial score (nSPS) is 16.2. The predicted molar refractivity (Wildman–Crippen MR) is 115 cm³/mol. The third kappa shape index (κ3) is 4.62. The van der Waals surface area contributed by atoms with Crippen LogP contribution >= 0.6 is 0 Å². The fraction of sp³-hybridized carbons (Fsp3) is 0.435. The highest BCUT2D eigenvalue weighted by molar-refractivity contribution is 5.91. The molecule has 1 saturated heterocycles. The first-order valence-corrected chi connectivity index (χ1v) is 10.5. The smallest absolute Gasteiger partial charge is 0.224 e. The number of anilines is 1. The van der Waals surface area contributed by atoms with Crippen LogP contribution in [0.4, 0.5) is 5.69 Å². The lowest BCUT2D eigenvalue weighted by Gasteiger charge is -2.13. The summed E-state index contributed by atoms with van der Waals surface area (Å²) in [5.41, 5.74) is 5.54. The Kier molecular flexibility index (Phi) is 5.99. The van der Waals surface area contributed by atoms with E-state index in [-0.39, 0.29) is 12.0 Å². The van der Waals surface area contributed by atoms with Crippen LogP contribution in [0.3, 0.4) is 0 Å². The molecule has 0 radical (unpaired) electrons. The lowest BCUT2D eigenvalue weighted by molar-refractivity contribution is -0.116. The Morgan fingerprint density at radius 1 is 1.30 bits per heavy atom. The number of nitrogens with zero attached hydrogens (tertiary/aromatic N) is 3. The second-order valence-electron chi connectivity index (χ2n) is 7.84. The molecule has 2 aromatic heterocycles. The van der Waals surface area contributed by atoms with Crippen LogP contribution in [0.25, 0.3) is 5.65 Å². The minimum absolute atomic E-state index is 0.0400. The van der Waals surface area contributed by atoms with Crippen molar-refractivity contribution in [3.05, 3.63) is 53.0 Å². The van der Waals surface area contributed by atoms with Crippen molar-refractivity contribution in [3.63, 3.8) is 0 Å². The Labute approximate surface area is 176 Å². The molecule has 0 spiro atoms. The number of carbonyl (C=O) groups is 1. The third-order valence-corrected chi connectivity index (χ3v) is 5.47. The van der Waals surface area contributed by atoms with E-state index in [1.807, 2.05) is 55.6 Å². The number of hydrogen-bond donors (Lipinski definition) is 1. The maximum atomic E-state index is 12.5. The van der Waals surface area contributed by atoms with Crippen molar-refractivity contribution >= 4 is 17.2 Å². The number of nitrogens with one attached hydrogen (secondary N) is 1. The summed E-state index contributed by atoms with van der Waals surface area (Å²) >= 11 is 0. The molecule has 7 nitrogen and oxygen atoms in total. The Morgan fingerprint density at radius 3 is 2.97 bits per heavy atom. The van der Waals surface area contributed by atoms with Gasteiger partial charge < -0.3 is 14.8 Å². The molecule has 0 bridgehead atoms. The minimum atomic E-state index is -0.0400.